The molecular weight excluding hydrogens is 516 g/mol. The first-order valence-corrected chi connectivity index (χ1v) is 12.4. The highest BCUT2D eigenvalue weighted by atomic mass is 35.5. The minimum Gasteiger partial charge on any atom is -0.496 e. The number of ether oxygens (including phenoxy) is 4. The summed E-state index contributed by atoms with van der Waals surface area (Å²) >= 11 is 5.97. The van der Waals surface area contributed by atoms with Crippen molar-refractivity contribution in [2.45, 2.75) is 12.5 Å². The molecule has 0 saturated carbocycles. The molecular formula is C31H23ClN2O5. The molecule has 0 saturated heterocycles. The zero-order valence-electron chi connectivity index (χ0n) is 20.9. The number of methoxy groups -OCH3 is 1. The third kappa shape index (κ3) is 5.52. The second-order valence-corrected chi connectivity index (χ2v) is 9.14. The van der Waals surface area contributed by atoms with E-state index in [1.807, 2.05) is 48.5 Å². The Labute approximate surface area is 230 Å². The van der Waals surface area contributed by atoms with Gasteiger partial charge in [0, 0.05) is 16.7 Å². The van der Waals surface area contributed by atoms with Gasteiger partial charge in [0.1, 0.15) is 46.8 Å². The van der Waals surface area contributed by atoms with Crippen LogP contribution in [0.15, 0.2) is 102 Å². The van der Waals surface area contributed by atoms with Crippen LogP contribution < -0.4 is 24.7 Å². The summed E-state index contributed by atoms with van der Waals surface area (Å²) in [4.78, 5) is 12.8. The van der Waals surface area contributed by atoms with Crippen molar-refractivity contribution in [3.8, 4) is 29.1 Å². The van der Waals surface area contributed by atoms with Crippen molar-refractivity contribution in [1.82, 2.24) is 0 Å². The van der Waals surface area contributed by atoms with Crippen LogP contribution in [0.2, 0.25) is 5.02 Å². The van der Waals surface area contributed by atoms with E-state index in [2.05, 4.69) is 6.07 Å². The number of rotatable bonds is 7. The molecule has 1 unspecified atom stereocenters. The molecule has 1 heterocycles. The number of nitrogens with two attached hydrogens (primary N) is 1. The standard InChI is InChI=1S/C31H23ClN2O5/c1-36-27-8-3-2-7-25(27)31(35)38-23-13-14-24-28(16-23)39-30(34)26(17-33)29(24)20-5-4-6-22(15-20)37-18-19-9-11-21(32)12-10-19/h2-16,29H,18,34H2,1H3. The average molecular weight is 539 g/mol. The zero-order chi connectivity index (χ0) is 27.4. The molecule has 4 aromatic carbocycles. The smallest absolute Gasteiger partial charge is 0.347 e. The van der Waals surface area contributed by atoms with Gasteiger partial charge in [-0.3, -0.25) is 0 Å². The summed E-state index contributed by atoms with van der Waals surface area (Å²) in [6.45, 7) is 0.356. The van der Waals surface area contributed by atoms with Gasteiger partial charge in [0.25, 0.3) is 0 Å². The van der Waals surface area contributed by atoms with E-state index in [0.717, 1.165) is 11.1 Å². The Morgan fingerprint density at radius 1 is 1.00 bits per heavy atom. The molecule has 39 heavy (non-hydrogen) atoms. The number of allylic oxidation sites excluding steroid dienone is 1. The van der Waals surface area contributed by atoms with Crippen LogP contribution in [-0.4, -0.2) is 13.1 Å². The highest BCUT2D eigenvalue weighted by Crippen LogP contribution is 2.44. The Hall–Kier alpha value is -4.93. The van der Waals surface area contributed by atoms with Gasteiger partial charge in [0.05, 0.1) is 13.0 Å². The Kier molecular flexibility index (Phi) is 7.39. The average Bonchev–Trinajstić information content (AvgIpc) is 2.96. The van der Waals surface area contributed by atoms with Crippen LogP contribution >= 0.6 is 11.6 Å². The number of benzene rings is 4. The molecule has 1 aliphatic heterocycles. The van der Waals surface area contributed by atoms with Gasteiger partial charge in [0.15, 0.2) is 0 Å². The number of carbonyl (C=O) groups excluding carboxylic acids is 1. The minimum absolute atomic E-state index is 0.0179. The lowest BCUT2D eigenvalue weighted by molar-refractivity contribution is 0.0731. The highest BCUT2D eigenvalue weighted by molar-refractivity contribution is 6.30. The fourth-order valence-corrected chi connectivity index (χ4v) is 4.47. The number of hydrogen-bond acceptors (Lipinski definition) is 7. The van der Waals surface area contributed by atoms with Crippen LogP contribution in [0.1, 0.15) is 33.0 Å². The molecule has 0 amide bonds. The van der Waals surface area contributed by atoms with Crippen molar-refractivity contribution in [2.24, 2.45) is 5.73 Å². The molecule has 5 rings (SSSR count). The van der Waals surface area contributed by atoms with Crippen molar-refractivity contribution < 1.29 is 23.7 Å². The van der Waals surface area contributed by atoms with E-state index in [-0.39, 0.29) is 22.8 Å². The lowest BCUT2D eigenvalue weighted by atomic mass is 9.83. The van der Waals surface area contributed by atoms with Gasteiger partial charge in [0.2, 0.25) is 5.88 Å². The van der Waals surface area contributed by atoms with Gasteiger partial charge in [-0.1, -0.05) is 54.1 Å². The van der Waals surface area contributed by atoms with Crippen LogP contribution in [0.25, 0.3) is 0 Å². The third-order valence-corrected chi connectivity index (χ3v) is 6.49. The number of carbonyl (C=O) groups is 1. The summed E-state index contributed by atoms with van der Waals surface area (Å²) in [7, 11) is 1.48. The molecule has 0 aromatic heterocycles. The topological polar surface area (TPSA) is 104 Å². The van der Waals surface area contributed by atoms with Crippen LogP contribution in [0.5, 0.6) is 23.0 Å². The van der Waals surface area contributed by atoms with Crippen LogP contribution in [0.3, 0.4) is 0 Å². The summed E-state index contributed by atoms with van der Waals surface area (Å²) in [5, 5.41) is 10.6. The summed E-state index contributed by atoms with van der Waals surface area (Å²) < 4.78 is 22.6. The first kappa shape index (κ1) is 25.7. The largest absolute Gasteiger partial charge is 0.496 e. The van der Waals surface area contributed by atoms with E-state index >= 15 is 0 Å². The normalized spacial score (nSPS) is 14.0. The minimum atomic E-state index is -0.577. The summed E-state index contributed by atoms with van der Waals surface area (Å²) in [5.41, 5.74) is 9.20. The maximum absolute atomic E-state index is 12.8. The van der Waals surface area contributed by atoms with E-state index in [9.17, 15) is 10.1 Å². The lowest BCUT2D eigenvalue weighted by Crippen LogP contribution is -2.21. The first-order chi connectivity index (χ1) is 19.0. The number of halogens is 1. The molecule has 0 fully saturated rings. The molecule has 1 aliphatic rings. The van der Waals surface area contributed by atoms with Gasteiger partial charge in [-0.25, -0.2) is 4.79 Å². The van der Waals surface area contributed by atoms with Crippen molar-refractivity contribution >= 4 is 17.6 Å². The third-order valence-electron chi connectivity index (χ3n) is 6.24. The van der Waals surface area contributed by atoms with Crippen molar-refractivity contribution in [3.63, 3.8) is 0 Å². The molecule has 2 N–H and O–H groups in total. The van der Waals surface area contributed by atoms with Gasteiger partial charge < -0.3 is 24.7 Å². The van der Waals surface area contributed by atoms with E-state index in [4.69, 9.17) is 36.3 Å². The highest BCUT2D eigenvalue weighted by Gasteiger charge is 2.31. The number of fused-ring (bicyclic) bond motifs is 1. The molecule has 0 aliphatic carbocycles. The monoisotopic (exact) mass is 538 g/mol. The Morgan fingerprint density at radius 2 is 1.79 bits per heavy atom. The predicted octanol–water partition coefficient (Wildman–Crippen LogP) is 6.36. The van der Waals surface area contributed by atoms with E-state index in [1.54, 1.807) is 42.5 Å². The first-order valence-electron chi connectivity index (χ1n) is 12.0. The molecule has 0 spiro atoms. The summed E-state index contributed by atoms with van der Waals surface area (Å²) in [6, 6.07) is 28.9. The maximum atomic E-state index is 12.8. The number of para-hydroxylation sites is 1. The van der Waals surface area contributed by atoms with Gasteiger partial charge in [-0.05, 0) is 53.6 Å². The molecule has 8 heteroatoms. The van der Waals surface area contributed by atoms with Crippen LogP contribution in [-0.2, 0) is 6.61 Å². The van der Waals surface area contributed by atoms with Gasteiger partial charge in [-0.15, -0.1) is 0 Å². The molecule has 1 atom stereocenters. The molecule has 7 nitrogen and oxygen atoms in total. The van der Waals surface area contributed by atoms with Crippen molar-refractivity contribution in [3.05, 3.63) is 130 Å². The Balaban J connectivity index is 1.42. The van der Waals surface area contributed by atoms with E-state index < -0.39 is 11.9 Å². The second-order valence-electron chi connectivity index (χ2n) is 8.70. The fraction of sp³-hybridized carbons (Fsp3) is 0.0968. The number of hydrogen-bond donors (Lipinski definition) is 1. The molecule has 4 aromatic rings. The number of esters is 1. The summed E-state index contributed by atoms with van der Waals surface area (Å²) in [5.74, 6) is 0.583. The predicted molar refractivity (Wildman–Crippen MR) is 146 cm³/mol. The number of nitriles is 1. The molecule has 194 valence electrons. The summed E-state index contributed by atoms with van der Waals surface area (Å²) in [6.07, 6.45) is 0. The lowest BCUT2D eigenvalue weighted by Gasteiger charge is -2.27. The van der Waals surface area contributed by atoms with E-state index in [0.29, 0.717) is 34.4 Å². The van der Waals surface area contributed by atoms with Crippen molar-refractivity contribution in [2.75, 3.05) is 7.11 Å². The van der Waals surface area contributed by atoms with E-state index in [1.165, 1.54) is 7.11 Å². The number of nitrogens with zero attached hydrogens (tertiary/aromatic N) is 1. The molecule has 0 bridgehead atoms. The van der Waals surface area contributed by atoms with Crippen LogP contribution in [0, 0.1) is 11.3 Å². The quantitative estimate of drug-likeness (QED) is 0.215. The van der Waals surface area contributed by atoms with Crippen molar-refractivity contribution in [1.29, 1.82) is 5.26 Å². The fourth-order valence-electron chi connectivity index (χ4n) is 4.35. The van der Waals surface area contributed by atoms with Crippen LogP contribution in [0.4, 0.5) is 0 Å². The zero-order valence-corrected chi connectivity index (χ0v) is 21.6. The SMILES string of the molecule is COc1ccccc1C(=O)Oc1ccc2c(c1)OC(N)=C(C#N)C2c1cccc(OCc2ccc(Cl)cc2)c1. The molecule has 0 radical (unpaired) electrons. The Morgan fingerprint density at radius 3 is 2.56 bits per heavy atom. The second kappa shape index (κ2) is 11.2. The van der Waals surface area contributed by atoms with Gasteiger partial charge in [-0.2, -0.15) is 5.26 Å². The Bertz CT molecular complexity index is 1610. The maximum Gasteiger partial charge on any atom is 0.347 e. The van der Waals surface area contributed by atoms with Gasteiger partial charge >= 0.3 is 5.97 Å².